The highest BCUT2D eigenvalue weighted by atomic mass is 16.5. The first-order valence-electron chi connectivity index (χ1n) is 8.12. The molecule has 20 heavy (non-hydrogen) atoms. The van der Waals surface area contributed by atoms with Crippen LogP contribution in [0.5, 0.6) is 5.75 Å². The van der Waals surface area contributed by atoms with Gasteiger partial charge in [0.05, 0.1) is 7.11 Å². The van der Waals surface area contributed by atoms with E-state index in [1.807, 2.05) is 0 Å². The third-order valence-electron chi connectivity index (χ3n) is 4.52. The number of benzene rings is 1. The molecule has 0 heterocycles. The average Bonchev–Trinajstić information content (AvgIpc) is 2.70. The van der Waals surface area contributed by atoms with E-state index in [1.54, 1.807) is 7.11 Å². The van der Waals surface area contributed by atoms with Crippen LogP contribution in [0.3, 0.4) is 0 Å². The predicted octanol–water partition coefficient (Wildman–Crippen LogP) is 4.42. The van der Waals surface area contributed by atoms with Crippen LogP contribution in [0.1, 0.15) is 62.5 Å². The zero-order valence-corrected chi connectivity index (χ0v) is 13.2. The number of nitrogens with one attached hydrogen (secondary N) is 1. The number of hydrogen-bond acceptors (Lipinski definition) is 2. The molecule has 0 saturated heterocycles. The van der Waals surface area contributed by atoms with Gasteiger partial charge in [0.15, 0.2) is 0 Å². The molecule has 1 aromatic carbocycles. The average molecular weight is 275 g/mol. The van der Waals surface area contributed by atoms with E-state index in [4.69, 9.17) is 4.74 Å². The molecule has 0 spiro atoms. The van der Waals surface area contributed by atoms with Crippen molar-refractivity contribution in [3.63, 3.8) is 0 Å². The van der Waals surface area contributed by atoms with Crippen molar-refractivity contribution in [3.05, 3.63) is 29.3 Å². The fourth-order valence-electron chi connectivity index (χ4n) is 3.41. The van der Waals surface area contributed by atoms with Crippen LogP contribution in [-0.2, 0) is 0 Å². The molecule has 2 atom stereocenters. The molecule has 2 heteroatoms. The predicted molar refractivity (Wildman–Crippen MR) is 85.6 cm³/mol. The summed E-state index contributed by atoms with van der Waals surface area (Å²) in [6, 6.07) is 7.27. The fourth-order valence-corrected chi connectivity index (χ4v) is 3.41. The third-order valence-corrected chi connectivity index (χ3v) is 4.52. The number of hydrogen-bond donors (Lipinski definition) is 1. The highest BCUT2D eigenvalue weighted by Crippen LogP contribution is 2.34. The van der Waals surface area contributed by atoms with Gasteiger partial charge in [-0.2, -0.15) is 0 Å². The van der Waals surface area contributed by atoms with Crippen molar-refractivity contribution in [2.24, 2.45) is 0 Å². The molecular weight excluding hydrogens is 246 g/mol. The second-order valence-corrected chi connectivity index (χ2v) is 6.09. The molecule has 0 aliphatic heterocycles. The Morgan fingerprint density at radius 3 is 2.75 bits per heavy atom. The van der Waals surface area contributed by atoms with Crippen LogP contribution in [-0.4, -0.2) is 19.7 Å². The van der Waals surface area contributed by atoms with Gasteiger partial charge in [0.2, 0.25) is 0 Å². The maximum Gasteiger partial charge on any atom is 0.119 e. The molecule has 0 radical (unpaired) electrons. The second kappa shape index (κ2) is 7.68. The Bertz CT molecular complexity index is 416. The monoisotopic (exact) mass is 275 g/mol. The van der Waals surface area contributed by atoms with Crippen LogP contribution in [0.4, 0.5) is 0 Å². The largest absolute Gasteiger partial charge is 0.497 e. The van der Waals surface area contributed by atoms with E-state index in [2.05, 4.69) is 37.4 Å². The molecule has 1 fully saturated rings. The standard InChI is InChI=1S/C18H29NO/c1-4-11-19-16-8-6-5-7-15(13-16)18-10-9-17(20-3)12-14(18)2/h9-10,12,15-16,19H,4-8,11,13H2,1-3H3. The minimum Gasteiger partial charge on any atom is -0.497 e. The second-order valence-electron chi connectivity index (χ2n) is 6.09. The summed E-state index contributed by atoms with van der Waals surface area (Å²) >= 11 is 0. The van der Waals surface area contributed by atoms with Crippen molar-refractivity contribution in [1.29, 1.82) is 0 Å². The summed E-state index contributed by atoms with van der Waals surface area (Å²) in [6.07, 6.45) is 7.91. The molecule has 112 valence electrons. The summed E-state index contributed by atoms with van der Waals surface area (Å²) in [5, 5.41) is 3.73. The Labute approximate surface area is 123 Å². The lowest BCUT2D eigenvalue weighted by molar-refractivity contribution is 0.413. The van der Waals surface area contributed by atoms with Gasteiger partial charge in [-0.1, -0.05) is 25.8 Å². The van der Waals surface area contributed by atoms with E-state index >= 15 is 0 Å². The molecule has 0 aromatic heterocycles. The molecule has 2 unspecified atom stereocenters. The number of methoxy groups -OCH3 is 1. The van der Waals surface area contributed by atoms with Crippen molar-refractivity contribution in [2.45, 2.75) is 64.3 Å². The van der Waals surface area contributed by atoms with Gasteiger partial charge < -0.3 is 10.1 Å². The molecule has 0 amide bonds. The van der Waals surface area contributed by atoms with E-state index in [-0.39, 0.29) is 0 Å². The van der Waals surface area contributed by atoms with Gasteiger partial charge in [-0.05, 0) is 68.3 Å². The van der Waals surface area contributed by atoms with E-state index in [0.29, 0.717) is 12.0 Å². The summed E-state index contributed by atoms with van der Waals surface area (Å²) in [7, 11) is 1.74. The maximum atomic E-state index is 5.32. The van der Waals surface area contributed by atoms with E-state index < -0.39 is 0 Å². The van der Waals surface area contributed by atoms with E-state index in [1.165, 1.54) is 49.7 Å². The van der Waals surface area contributed by atoms with Crippen molar-refractivity contribution in [1.82, 2.24) is 5.32 Å². The molecular formula is C18H29NO. The first-order valence-corrected chi connectivity index (χ1v) is 8.12. The molecule has 1 saturated carbocycles. The minimum absolute atomic E-state index is 0.698. The summed E-state index contributed by atoms with van der Waals surface area (Å²) in [4.78, 5) is 0. The van der Waals surface area contributed by atoms with Gasteiger partial charge in [-0.25, -0.2) is 0 Å². The third kappa shape index (κ3) is 3.99. The Balaban J connectivity index is 2.09. The van der Waals surface area contributed by atoms with Gasteiger partial charge in [0, 0.05) is 6.04 Å². The van der Waals surface area contributed by atoms with Gasteiger partial charge in [0.25, 0.3) is 0 Å². The number of ether oxygens (including phenoxy) is 1. The van der Waals surface area contributed by atoms with Gasteiger partial charge in [-0.3, -0.25) is 0 Å². The van der Waals surface area contributed by atoms with Crippen LogP contribution < -0.4 is 10.1 Å². The van der Waals surface area contributed by atoms with Gasteiger partial charge in [0.1, 0.15) is 5.75 Å². The highest BCUT2D eigenvalue weighted by molar-refractivity contribution is 5.37. The Morgan fingerprint density at radius 1 is 1.25 bits per heavy atom. The van der Waals surface area contributed by atoms with E-state index in [9.17, 15) is 0 Å². The zero-order chi connectivity index (χ0) is 14.4. The molecule has 0 bridgehead atoms. The zero-order valence-electron chi connectivity index (χ0n) is 13.2. The Kier molecular flexibility index (Phi) is 5.90. The Morgan fingerprint density at radius 2 is 2.05 bits per heavy atom. The molecule has 2 rings (SSSR count). The highest BCUT2D eigenvalue weighted by Gasteiger charge is 2.22. The molecule has 2 nitrogen and oxygen atoms in total. The van der Waals surface area contributed by atoms with Crippen LogP contribution >= 0.6 is 0 Å². The van der Waals surface area contributed by atoms with Crippen molar-refractivity contribution in [2.75, 3.05) is 13.7 Å². The summed E-state index contributed by atoms with van der Waals surface area (Å²) in [5.74, 6) is 1.68. The molecule has 1 aromatic rings. The van der Waals surface area contributed by atoms with Crippen LogP contribution in [0.15, 0.2) is 18.2 Å². The maximum absolute atomic E-state index is 5.32. The number of rotatable bonds is 5. The summed E-state index contributed by atoms with van der Waals surface area (Å²) in [6.45, 7) is 5.62. The first kappa shape index (κ1) is 15.4. The smallest absolute Gasteiger partial charge is 0.119 e. The molecule has 1 aliphatic rings. The lowest BCUT2D eigenvalue weighted by Gasteiger charge is -2.23. The van der Waals surface area contributed by atoms with Crippen molar-refractivity contribution in [3.8, 4) is 5.75 Å². The first-order chi connectivity index (χ1) is 9.74. The van der Waals surface area contributed by atoms with Gasteiger partial charge in [-0.15, -0.1) is 0 Å². The van der Waals surface area contributed by atoms with Crippen molar-refractivity contribution < 1.29 is 4.74 Å². The van der Waals surface area contributed by atoms with E-state index in [0.717, 1.165) is 12.3 Å². The summed E-state index contributed by atoms with van der Waals surface area (Å²) in [5.41, 5.74) is 2.90. The lowest BCUT2D eigenvalue weighted by atomic mass is 9.87. The fraction of sp³-hybridized carbons (Fsp3) is 0.667. The van der Waals surface area contributed by atoms with Crippen LogP contribution in [0.25, 0.3) is 0 Å². The van der Waals surface area contributed by atoms with Crippen LogP contribution in [0, 0.1) is 6.92 Å². The lowest BCUT2D eigenvalue weighted by Crippen LogP contribution is -2.30. The van der Waals surface area contributed by atoms with Gasteiger partial charge >= 0.3 is 0 Å². The minimum atomic E-state index is 0.698. The van der Waals surface area contributed by atoms with Crippen LogP contribution in [0.2, 0.25) is 0 Å². The normalized spacial score (nSPS) is 23.4. The Hall–Kier alpha value is -1.02. The number of aryl methyl sites for hydroxylation is 1. The quantitative estimate of drug-likeness (QED) is 0.803. The van der Waals surface area contributed by atoms with Crippen molar-refractivity contribution >= 4 is 0 Å². The SMILES string of the molecule is CCCNC1CCCCC(c2ccc(OC)cc2C)C1. The molecule has 1 aliphatic carbocycles. The summed E-state index contributed by atoms with van der Waals surface area (Å²) < 4.78 is 5.32. The molecule has 1 N–H and O–H groups in total. The topological polar surface area (TPSA) is 21.3 Å².